The molecule has 1 aromatic carbocycles. The van der Waals surface area contributed by atoms with Crippen LogP contribution in [-0.2, 0) is 6.42 Å². The third kappa shape index (κ3) is 2.65. The van der Waals surface area contributed by atoms with Crippen molar-refractivity contribution in [3.05, 3.63) is 53.2 Å². The summed E-state index contributed by atoms with van der Waals surface area (Å²) in [4.78, 5) is 5.76. The summed E-state index contributed by atoms with van der Waals surface area (Å²) < 4.78 is 2.24. The average molecular weight is 382 g/mol. The van der Waals surface area contributed by atoms with Crippen molar-refractivity contribution in [1.82, 2.24) is 4.98 Å². The Morgan fingerprint density at radius 3 is 2.63 bits per heavy atom. The van der Waals surface area contributed by atoms with Gasteiger partial charge in [0.2, 0.25) is 0 Å². The predicted octanol–water partition coefficient (Wildman–Crippen LogP) is 0.424. The largest absolute Gasteiger partial charge is 1.00 e. The fourth-order valence-corrected chi connectivity index (χ4v) is 3.16. The van der Waals surface area contributed by atoms with E-state index in [1.54, 1.807) is 11.3 Å². The van der Waals surface area contributed by atoms with Gasteiger partial charge in [-0.3, -0.25) is 0 Å². The van der Waals surface area contributed by atoms with Crippen LogP contribution in [0.2, 0.25) is 0 Å². The van der Waals surface area contributed by atoms with E-state index in [1.807, 2.05) is 6.07 Å². The molecule has 0 saturated heterocycles. The van der Waals surface area contributed by atoms with E-state index >= 15 is 0 Å². The van der Waals surface area contributed by atoms with Gasteiger partial charge in [0.1, 0.15) is 5.69 Å². The average Bonchev–Trinajstić information content (AvgIpc) is 2.84. The molecule has 0 atom stereocenters. The maximum absolute atomic E-state index is 4.68. The lowest BCUT2D eigenvalue weighted by Gasteiger charge is -1.99. The minimum absolute atomic E-state index is 0. The molecular formula is C15H15IN2S. The highest BCUT2D eigenvalue weighted by molar-refractivity contribution is 7.14. The fraction of sp³-hybridized carbons (Fsp3) is 0.200. The Hall–Kier alpha value is -1.01. The van der Waals surface area contributed by atoms with E-state index in [2.05, 4.69) is 58.9 Å². The number of nitrogens with zero attached hydrogens (tertiary/aromatic N) is 2. The number of aromatic nitrogens is 2. The molecular weight excluding hydrogens is 367 g/mol. The van der Waals surface area contributed by atoms with Crippen LogP contribution in [0.25, 0.3) is 16.2 Å². The number of benzene rings is 1. The lowest BCUT2D eigenvalue weighted by atomic mass is 10.2. The zero-order valence-corrected chi connectivity index (χ0v) is 13.9. The van der Waals surface area contributed by atoms with Crippen LogP contribution in [0, 0.1) is 6.92 Å². The molecule has 3 rings (SSSR count). The van der Waals surface area contributed by atoms with Gasteiger partial charge in [-0.2, -0.15) is 4.40 Å². The molecule has 2 heterocycles. The molecule has 0 aliphatic carbocycles. The number of aryl methyl sites for hydroxylation is 2. The highest BCUT2D eigenvalue weighted by Crippen LogP contribution is 2.20. The van der Waals surface area contributed by atoms with Gasteiger partial charge in [0.25, 0.3) is 0 Å². The molecule has 0 radical (unpaired) electrons. The summed E-state index contributed by atoms with van der Waals surface area (Å²) in [7, 11) is 0. The van der Waals surface area contributed by atoms with Gasteiger partial charge < -0.3 is 24.0 Å². The zero-order valence-electron chi connectivity index (χ0n) is 10.9. The van der Waals surface area contributed by atoms with E-state index in [9.17, 15) is 0 Å². The first-order valence-electron chi connectivity index (χ1n) is 6.15. The Balaban J connectivity index is 0.00000133. The van der Waals surface area contributed by atoms with Gasteiger partial charge in [-0.25, -0.2) is 0 Å². The third-order valence-electron chi connectivity index (χ3n) is 3.11. The highest BCUT2D eigenvalue weighted by Gasteiger charge is 2.18. The molecule has 0 aliphatic rings. The molecule has 0 fully saturated rings. The van der Waals surface area contributed by atoms with Crippen molar-refractivity contribution >= 4 is 16.3 Å². The summed E-state index contributed by atoms with van der Waals surface area (Å²) in [5.41, 5.74) is 4.87. The number of hydrogen-bond acceptors (Lipinski definition) is 2. The normalized spacial score (nSPS) is 10.4. The molecule has 2 nitrogen and oxygen atoms in total. The minimum Gasteiger partial charge on any atom is -1.00 e. The van der Waals surface area contributed by atoms with Crippen LogP contribution in [0.1, 0.15) is 18.3 Å². The van der Waals surface area contributed by atoms with Gasteiger partial charge in [0.15, 0.2) is 11.4 Å². The molecule has 19 heavy (non-hydrogen) atoms. The summed E-state index contributed by atoms with van der Waals surface area (Å²) in [6.07, 6.45) is 0.982. The number of fused-ring (bicyclic) bond motifs is 1. The van der Waals surface area contributed by atoms with Gasteiger partial charge in [-0.05, 0) is 23.2 Å². The Kier molecular flexibility index (Phi) is 4.52. The maximum Gasteiger partial charge on any atom is 0.387 e. The Morgan fingerprint density at radius 1 is 1.21 bits per heavy atom. The van der Waals surface area contributed by atoms with Crippen LogP contribution in [0.15, 0.2) is 41.8 Å². The number of halogens is 1. The first-order valence-corrected chi connectivity index (χ1v) is 7.02. The molecule has 98 valence electrons. The highest BCUT2D eigenvalue weighted by atomic mass is 127. The Morgan fingerprint density at radius 2 is 1.95 bits per heavy atom. The van der Waals surface area contributed by atoms with Gasteiger partial charge in [-0.15, -0.1) is 0 Å². The van der Waals surface area contributed by atoms with Crippen LogP contribution in [-0.4, -0.2) is 4.98 Å². The quantitative estimate of drug-likeness (QED) is 0.464. The van der Waals surface area contributed by atoms with E-state index < -0.39 is 0 Å². The van der Waals surface area contributed by atoms with Crippen molar-refractivity contribution in [3.63, 3.8) is 0 Å². The lowest BCUT2D eigenvalue weighted by molar-refractivity contribution is -0.505. The van der Waals surface area contributed by atoms with Gasteiger partial charge in [-0.1, -0.05) is 37.3 Å². The molecule has 0 aliphatic heterocycles. The van der Waals surface area contributed by atoms with E-state index in [4.69, 9.17) is 0 Å². The van der Waals surface area contributed by atoms with Crippen molar-refractivity contribution in [1.29, 1.82) is 0 Å². The van der Waals surface area contributed by atoms with Crippen molar-refractivity contribution in [2.45, 2.75) is 20.3 Å². The smallest absolute Gasteiger partial charge is 0.387 e. The Bertz CT molecular complexity index is 692. The van der Waals surface area contributed by atoms with Gasteiger partial charge in [0, 0.05) is 23.4 Å². The molecule has 0 bridgehead atoms. The van der Waals surface area contributed by atoms with E-state index in [0.717, 1.165) is 17.1 Å². The third-order valence-corrected chi connectivity index (χ3v) is 3.93. The molecule has 0 N–H and O–H groups in total. The summed E-state index contributed by atoms with van der Waals surface area (Å²) in [6.45, 7) is 4.29. The summed E-state index contributed by atoms with van der Waals surface area (Å²) in [6, 6.07) is 12.6. The minimum atomic E-state index is 0. The monoisotopic (exact) mass is 382 g/mol. The molecule has 0 spiro atoms. The van der Waals surface area contributed by atoms with Gasteiger partial charge in [0.05, 0.1) is 0 Å². The maximum atomic E-state index is 4.68. The molecule has 0 saturated carbocycles. The van der Waals surface area contributed by atoms with Gasteiger partial charge >= 0.3 is 4.96 Å². The number of rotatable bonds is 2. The Labute approximate surface area is 134 Å². The second-order valence-electron chi connectivity index (χ2n) is 4.35. The van der Waals surface area contributed by atoms with E-state index in [-0.39, 0.29) is 24.0 Å². The van der Waals surface area contributed by atoms with E-state index in [0.29, 0.717) is 0 Å². The number of thiazole rings is 1. The summed E-state index contributed by atoms with van der Waals surface area (Å²) in [5, 5.41) is 2.18. The van der Waals surface area contributed by atoms with Crippen molar-refractivity contribution in [2.24, 2.45) is 0 Å². The SMILES string of the molecule is CCc1cc(C)[n+]2c(-c3ccccc3)csc2n1.[I-]. The molecule has 0 amide bonds. The molecule has 2 aromatic heterocycles. The molecule has 4 heteroatoms. The second-order valence-corrected chi connectivity index (χ2v) is 5.18. The predicted molar refractivity (Wildman–Crippen MR) is 74.8 cm³/mol. The second kappa shape index (κ2) is 5.96. The first kappa shape index (κ1) is 14.4. The summed E-state index contributed by atoms with van der Waals surface area (Å²) >= 11 is 1.70. The van der Waals surface area contributed by atoms with Crippen LogP contribution < -0.4 is 28.4 Å². The topological polar surface area (TPSA) is 17.0 Å². The standard InChI is InChI=1S/C15H15N2S.HI/c1-3-13-9-11(2)17-14(10-18-15(17)16-13)12-7-5-4-6-8-12;/h4-10H,3H2,1-2H3;1H/q+1;/p-1. The van der Waals surface area contributed by atoms with Crippen LogP contribution in [0.5, 0.6) is 0 Å². The van der Waals surface area contributed by atoms with E-state index in [1.165, 1.54) is 17.0 Å². The van der Waals surface area contributed by atoms with Crippen molar-refractivity contribution in [2.75, 3.05) is 0 Å². The molecule has 3 aromatic rings. The first-order chi connectivity index (χ1) is 8.79. The van der Waals surface area contributed by atoms with Crippen LogP contribution in [0.3, 0.4) is 0 Å². The van der Waals surface area contributed by atoms with Crippen LogP contribution >= 0.6 is 11.3 Å². The fourth-order valence-electron chi connectivity index (χ4n) is 2.18. The van der Waals surface area contributed by atoms with Crippen LogP contribution in [0.4, 0.5) is 0 Å². The molecule has 0 unspecified atom stereocenters. The summed E-state index contributed by atoms with van der Waals surface area (Å²) in [5.74, 6) is 0. The lowest BCUT2D eigenvalue weighted by Crippen LogP contribution is -3.00. The van der Waals surface area contributed by atoms with Crippen molar-refractivity contribution in [3.8, 4) is 11.3 Å². The number of hydrogen-bond donors (Lipinski definition) is 0. The van der Waals surface area contributed by atoms with Crippen molar-refractivity contribution < 1.29 is 28.4 Å². The zero-order chi connectivity index (χ0) is 12.5.